The van der Waals surface area contributed by atoms with Gasteiger partial charge in [-0.15, -0.1) is 0 Å². The molecule has 0 aliphatic carbocycles. The topological polar surface area (TPSA) is 71.1 Å². The second kappa shape index (κ2) is 11.7. The number of carbonyl (C=O) groups is 2. The fraction of sp³-hybridized carbons (Fsp3) is 0.636. The van der Waals surface area contributed by atoms with Crippen LogP contribution in [0.2, 0.25) is 0 Å². The second-order valence-corrected chi connectivity index (χ2v) is 7.39. The van der Waals surface area contributed by atoms with Crippen molar-refractivity contribution < 1.29 is 19.1 Å². The van der Waals surface area contributed by atoms with Gasteiger partial charge in [-0.05, 0) is 58.7 Å². The number of anilines is 1. The minimum Gasteiger partial charge on any atom is -0.490 e. The fourth-order valence-electron chi connectivity index (χ4n) is 3.71. The summed E-state index contributed by atoms with van der Waals surface area (Å²) in [5.41, 5.74) is 0.642. The van der Waals surface area contributed by atoms with Crippen LogP contribution in [0.25, 0.3) is 0 Å². The number of nitrogens with zero attached hydrogens (tertiary/aromatic N) is 2. The van der Waals surface area contributed by atoms with Crippen molar-refractivity contribution in [1.29, 1.82) is 0 Å². The second-order valence-electron chi connectivity index (χ2n) is 7.39. The lowest BCUT2D eigenvalue weighted by Crippen LogP contribution is -2.48. The monoisotopic (exact) mass is 405 g/mol. The fourth-order valence-corrected chi connectivity index (χ4v) is 3.71. The van der Waals surface area contributed by atoms with Gasteiger partial charge in [0.15, 0.2) is 11.5 Å². The molecule has 1 saturated heterocycles. The first kappa shape index (κ1) is 23.0. The summed E-state index contributed by atoms with van der Waals surface area (Å²) in [6.07, 6.45) is 4.31. The highest BCUT2D eigenvalue weighted by molar-refractivity contribution is 5.93. The van der Waals surface area contributed by atoms with E-state index in [1.807, 2.05) is 18.7 Å². The Morgan fingerprint density at radius 1 is 1.10 bits per heavy atom. The molecule has 0 saturated carbocycles. The van der Waals surface area contributed by atoms with Crippen molar-refractivity contribution in [2.24, 2.45) is 0 Å². The molecule has 7 nitrogen and oxygen atoms in total. The van der Waals surface area contributed by atoms with Crippen LogP contribution < -0.4 is 14.8 Å². The van der Waals surface area contributed by atoms with Gasteiger partial charge in [0.05, 0.1) is 26.3 Å². The van der Waals surface area contributed by atoms with Crippen LogP contribution in [0.3, 0.4) is 0 Å². The Labute approximate surface area is 174 Å². The van der Waals surface area contributed by atoms with Crippen LogP contribution in [-0.2, 0) is 9.59 Å². The Morgan fingerprint density at radius 2 is 1.83 bits per heavy atom. The minimum atomic E-state index is -0.169. The van der Waals surface area contributed by atoms with Gasteiger partial charge in [0.2, 0.25) is 11.8 Å². The molecule has 1 aliphatic heterocycles. The highest BCUT2D eigenvalue weighted by Crippen LogP contribution is 2.30. The molecule has 162 valence electrons. The number of nitrogens with one attached hydrogen (secondary N) is 1. The summed E-state index contributed by atoms with van der Waals surface area (Å²) >= 11 is 0. The van der Waals surface area contributed by atoms with Gasteiger partial charge >= 0.3 is 0 Å². The van der Waals surface area contributed by atoms with Gasteiger partial charge in [-0.2, -0.15) is 0 Å². The maximum atomic E-state index is 12.7. The van der Waals surface area contributed by atoms with Crippen LogP contribution in [0.5, 0.6) is 11.5 Å². The number of likely N-dealkylation sites (N-methyl/N-ethyl adjacent to an activating group) is 1. The van der Waals surface area contributed by atoms with E-state index in [2.05, 4.69) is 12.2 Å². The van der Waals surface area contributed by atoms with E-state index in [0.717, 1.165) is 25.8 Å². The molecular weight excluding hydrogens is 370 g/mol. The maximum absolute atomic E-state index is 12.7. The van der Waals surface area contributed by atoms with Crippen LogP contribution in [0, 0.1) is 0 Å². The number of carbonyl (C=O) groups excluding carboxylic acids is 2. The Hall–Kier alpha value is -2.28. The smallest absolute Gasteiger partial charge is 0.238 e. The summed E-state index contributed by atoms with van der Waals surface area (Å²) in [5.74, 6) is 1.19. The van der Waals surface area contributed by atoms with Gasteiger partial charge in [0, 0.05) is 24.3 Å². The molecule has 1 atom stereocenters. The van der Waals surface area contributed by atoms with E-state index >= 15 is 0 Å². The molecular formula is C22H35N3O4. The molecule has 1 fully saturated rings. The number of hydrogen-bond donors (Lipinski definition) is 1. The predicted octanol–water partition coefficient (Wildman–Crippen LogP) is 3.15. The number of ether oxygens (including phenoxy) is 2. The first-order chi connectivity index (χ1) is 14.0. The third-order valence-corrected chi connectivity index (χ3v) is 5.06. The zero-order chi connectivity index (χ0) is 21.2. The number of benzene rings is 1. The van der Waals surface area contributed by atoms with Crippen LogP contribution in [0.15, 0.2) is 18.2 Å². The van der Waals surface area contributed by atoms with Gasteiger partial charge in [-0.1, -0.05) is 6.92 Å². The molecule has 1 aromatic carbocycles. The van der Waals surface area contributed by atoms with Crippen molar-refractivity contribution in [2.75, 3.05) is 45.2 Å². The first-order valence-corrected chi connectivity index (χ1v) is 10.7. The summed E-state index contributed by atoms with van der Waals surface area (Å²) < 4.78 is 11.1. The molecule has 2 rings (SSSR count). The van der Waals surface area contributed by atoms with Crippen LogP contribution >= 0.6 is 0 Å². The normalized spacial score (nSPS) is 16.6. The van der Waals surface area contributed by atoms with Crippen LogP contribution in [0.4, 0.5) is 5.69 Å². The molecule has 0 unspecified atom stereocenters. The van der Waals surface area contributed by atoms with E-state index in [0.29, 0.717) is 36.4 Å². The maximum Gasteiger partial charge on any atom is 0.238 e. The lowest BCUT2D eigenvalue weighted by atomic mass is 10.00. The van der Waals surface area contributed by atoms with Crippen LogP contribution in [0.1, 0.15) is 46.5 Å². The Morgan fingerprint density at radius 3 is 2.52 bits per heavy atom. The highest BCUT2D eigenvalue weighted by atomic mass is 16.5. The Bertz CT molecular complexity index is 680. The van der Waals surface area contributed by atoms with Crippen molar-refractivity contribution in [3.05, 3.63) is 18.2 Å². The molecule has 0 radical (unpaired) electrons. The highest BCUT2D eigenvalue weighted by Gasteiger charge is 2.26. The molecule has 1 N–H and O–H groups in total. The van der Waals surface area contributed by atoms with Gasteiger partial charge in [-0.25, -0.2) is 0 Å². The molecule has 2 amide bonds. The third-order valence-electron chi connectivity index (χ3n) is 5.06. The molecule has 0 spiro atoms. The third kappa shape index (κ3) is 6.92. The molecule has 29 heavy (non-hydrogen) atoms. The molecule has 1 aromatic rings. The lowest BCUT2D eigenvalue weighted by molar-refractivity contribution is -0.136. The molecule has 1 heterocycles. The summed E-state index contributed by atoms with van der Waals surface area (Å²) in [6.45, 7) is 8.21. The molecule has 7 heteroatoms. The summed E-state index contributed by atoms with van der Waals surface area (Å²) in [6, 6.07) is 5.67. The van der Waals surface area contributed by atoms with Gasteiger partial charge in [0.1, 0.15) is 0 Å². The Balaban J connectivity index is 1.89. The first-order valence-electron chi connectivity index (χ1n) is 10.7. The van der Waals surface area contributed by atoms with E-state index in [9.17, 15) is 9.59 Å². The van der Waals surface area contributed by atoms with Crippen molar-refractivity contribution in [3.8, 4) is 11.5 Å². The van der Waals surface area contributed by atoms with Crippen molar-refractivity contribution in [1.82, 2.24) is 9.80 Å². The zero-order valence-corrected chi connectivity index (χ0v) is 18.2. The van der Waals surface area contributed by atoms with Gasteiger partial charge in [0.25, 0.3) is 0 Å². The predicted molar refractivity (Wildman–Crippen MR) is 115 cm³/mol. The number of hydrogen-bond acceptors (Lipinski definition) is 5. The van der Waals surface area contributed by atoms with Crippen molar-refractivity contribution in [3.63, 3.8) is 0 Å². The summed E-state index contributed by atoms with van der Waals surface area (Å²) in [7, 11) is 1.80. The largest absolute Gasteiger partial charge is 0.490 e. The number of rotatable bonds is 10. The van der Waals surface area contributed by atoms with E-state index in [-0.39, 0.29) is 24.9 Å². The standard InChI is InChI=1S/C22H35N3O4/c1-5-18-10-8-9-13-25(18)22(27)16-24(4)15-21(26)23-17-11-12-19(28-6-2)20(14-17)29-7-3/h11-12,14,18H,5-10,13,15-16H2,1-4H3,(H,23,26)/t18-/m0/s1. The van der Waals surface area contributed by atoms with E-state index < -0.39 is 0 Å². The lowest BCUT2D eigenvalue weighted by Gasteiger charge is -2.36. The SMILES string of the molecule is CCOc1ccc(NC(=O)CN(C)CC(=O)N2CCCC[C@@H]2CC)cc1OCC. The molecule has 0 bridgehead atoms. The van der Waals surface area contributed by atoms with E-state index in [4.69, 9.17) is 9.47 Å². The average molecular weight is 406 g/mol. The van der Waals surface area contributed by atoms with E-state index in [1.165, 1.54) is 6.42 Å². The quantitative estimate of drug-likeness (QED) is 0.648. The number of likely N-dealkylation sites (tertiary alicyclic amines) is 1. The van der Waals surface area contributed by atoms with Crippen LogP contribution in [-0.4, -0.2) is 67.6 Å². The summed E-state index contributed by atoms with van der Waals surface area (Å²) in [4.78, 5) is 28.8. The van der Waals surface area contributed by atoms with Gasteiger partial charge < -0.3 is 19.7 Å². The molecule has 1 aliphatic rings. The number of amides is 2. The van der Waals surface area contributed by atoms with Crippen molar-refractivity contribution in [2.45, 2.75) is 52.5 Å². The summed E-state index contributed by atoms with van der Waals surface area (Å²) in [5, 5.41) is 2.87. The van der Waals surface area contributed by atoms with Crippen molar-refractivity contribution >= 4 is 17.5 Å². The van der Waals surface area contributed by atoms with Gasteiger partial charge in [-0.3, -0.25) is 14.5 Å². The Kier molecular flexibility index (Phi) is 9.25. The van der Waals surface area contributed by atoms with E-state index in [1.54, 1.807) is 30.1 Å². The molecule has 0 aromatic heterocycles. The average Bonchev–Trinajstić information content (AvgIpc) is 2.70. The number of piperidine rings is 1. The zero-order valence-electron chi connectivity index (χ0n) is 18.2. The minimum absolute atomic E-state index is 0.103.